The van der Waals surface area contributed by atoms with Crippen LogP contribution in [0, 0.1) is 16.2 Å². The van der Waals surface area contributed by atoms with Gasteiger partial charge in [-0.2, -0.15) is 0 Å². The number of hydrogen-bond donors (Lipinski definition) is 0. The van der Waals surface area contributed by atoms with E-state index in [9.17, 15) is 0 Å². The zero-order valence-corrected chi connectivity index (χ0v) is 17.3. The molecule has 0 aliphatic rings. The maximum Gasteiger partial charge on any atom is -0.0323 e. The first-order valence-corrected chi connectivity index (χ1v) is 10.1. The van der Waals surface area contributed by atoms with Crippen LogP contribution in [0.15, 0.2) is 0 Å². The number of hydrogen-bond acceptors (Lipinski definition) is 0. The molecule has 0 aliphatic heterocycles. The van der Waals surface area contributed by atoms with Gasteiger partial charge in [0.25, 0.3) is 0 Å². The van der Waals surface area contributed by atoms with E-state index >= 15 is 0 Å². The Kier molecular flexibility index (Phi) is 134. The molecule has 0 radical (unpaired) electrons. The van der Waals surface area contributed by atoms with E-state index in [1.807, 2.05) is 0 Å². The first-order chi connectivity index (χ1) is 10.1. The summed E-state index contributed by atoms with van der Waals surface area (Å²) in [7, 11) is 0. The lowest BCUT2D eigenvalue weighted by Gasteiger charge is -2.37. The van der Waals surface area contributed by atoms with Crippen molar-refractivity contribution in [3.8, 4) is 0 Å². The van der Waals surface area contributed by atoms with Crippen molar-refractivity contribution in [2.24, 2.45) is 16.2 Å². The summed E-state index contributed by atoms with van der Waals surface area (Å²) in [5.41, 5.74) is 1.63. The molecule has 0 spiro atoms. The van der Waals surface area contributed by atoms with E-state index in [4.69, 9.17) is 0 Å². The number of rotatable bonds is 13. The van der Waals surface area contributed by atoms with Crippen LogP contribution in [-0.2, 0) is 0 Å². The van der Waals surface area contributed by atoms with Crippen LogP contribution < -0.4 is 0 Å². The van der Waals surface area contributed by atoms with Crippen molar-refractivity contribution in [2.75, 3.05) is 0 Å². The van der Waals surface area contributed by atoms with Crippen molar-refractivity contribution in [1.82, 2.24) is 0 Å². The van der Waals surface area contributed by atoms with Crippen LogP contribution in [0.25, 0.3) is 0 Å². The Morgan fingerprint density at radius 3 is 0.889 bits per heavy atom. The van der Waals surface area contributed by atoms with Gasteiger partial charge in [-0.1, -0.05) is 211 Å². The lowest BCUT2D eigenvalue weighted by molar-refractivity contribution is 0.149. The monoisotopic (exact) mass is 535 g/mol. The summed E-state index contributed by atoms with van der Waals surface area (Å²) in [6, 6.07) is 0. The molecule has 0 N–H and O–H groups in total. The van der Waals surface area contributed by atoms with Gasteiger partial charge < -0.3 is 0 Å². The number of unbranched alkanes of at least 4 members (excludes halogenated alkanes) is 4. The van der Waals surface area contributed by atoms with Gasteiger partial charge >= 0.3 is 0 Å². The molecule has 0 saturated carbocycles. The molecule has 0 rings (SSSR count). The molecule has 0 aliphatic carbocycles. The molecule has 0 fully saturated rings. The molecule has 246 valence electrons. The molecular formula is C36H102. The molecule has 0 aromatic heterocycles. The highest BCUT2D eigenvalue weighted by molar-refractivity contribution is 4.81. The largest absolute Gasteiger partial charge is 0.0776 e. The molecule has 0 bridgehead atoms. The molecule has 0 saturated heterocycles. The van der Waals surface area contributed by atoms with Crippen LogP contribution in [-0.4, -0.2) is 0 Å². The molecule has 0 nitrogen and oxygen atoms in total. The summed E-state index contributed by atoms with van der Waals surface area (Å²) in [6.07, 6.45) is 15.3. The highest BCUT2D eigenvalue weighted by Gasteiger charge is 2.29. The smallest absolute Gasteiger partial charge is 0.0323 e. The van der Waals surface area contributed by atoms with Gasteiger partial charge in [0.05, 0.1) is 0 Å². The van der Waals surface area contributed by atoms with E-state index in [0.29, 0.717) is 16.2 Å². The SMILES string of the molecule is C.C.C.C.C.C.C.C.C.C.C.C.C.C.CCC(C)(C)CCCCCCCC(C)(CC)CC(C)(C)CC. The van der Waals surface area contributed by atoms with Crippen molar-refractivity contribution < 1.29 is 0 Å². The second-order valence-corrected chi connectivity index (χ2v) is 9.64. The van der Waals surface area contributed by atoms with Gasteiger partial charge in [0.1, 0.15) is 0 Å². The fourth-order valence-electron chi connectivity index (χ4n) is 3.53. The topological polar surface area (TPSA) is 0 Å². The average Bonchev–Trinajstić information content (AvgIpc) is 2.45. The lowest BCUT2D eigenvalue weighted by atomic mass is 9.69. The Labute approximate surface area is 246 Å². The first kappa shape index (κ1) is 100. The van der Waals surface area contributed by atoms with Gasteiger partial charge in [0.15, 0.2) is 0 Å². The van der Waals surface area contributed by atoms with Gasteiger partial charge in [0, 0.05) is 0 Å². The fourth-order valence-corrected chi connectivity index (χ4v) is 3.53. The molecule has 0 amide bonds. The Balaban J connectivity index is -0.0000000242. The van der Waals surface area contributed by atoms with E-state index in [0.717, 1.165) is 0 Å². The summed E-state index contributed by atoms with van der Waals surface area (Å²) >= 11 is 0. The van der Waals surface area contributed by atoms with Crippen molar-refractivity contribution in [1.29, 1.82) is 0 Å². The van der Waals surface area contributed by atoms with Crippen molar-refractivity contribution in [3.63, 3.8) is 0 Å². The third kappa shape index (κ3) is 50.8. The Morgan fingerprint density at radius 2 is 0.611 bits per heavy atom. The van der Waals surface area contributed by atoms with Gasteiger partial charge in [-0.3, -0.25) is 0 Å². The summed E-state index contributed by atoms with van der Waals surface area (Å²) < 4.78 is 0. The van der Waals surface area contributed by atoms with Crippen molar-refractivity contribution in [2.45, 2.75) is 230 Å². The van der Waals surface area contributed by atoms with E-state index < -0.39 is 0 Å². The zero-order chi connectivity index (χ0) is 17.3. The molecule has 36 heavy (non-hydrogen) atoms. The minimum atomic E-state index is 0. The molecule has 1 atom stereocenters. The maximum absolute atomic E-state index is 2.52. The quantitative estimate of drug-likeness (QED) is 0.206. The van der Waals surface area contributed by atoms with Crippen molar-refractivity contribution >= 4 is 0 Å². The summed E-state index contributed by atoms with van der Waals surface area (Å²) in [5, 5.41) is 0. The molecular weight excluding hydrogens is 432 g/mol. The van der Waals surface area contributed by atoms with Gasteiger partial charge in [-0.25, -0.2) is 0 Å². The third-order valence-electron chi connectivity index (χ3n) is 6.31. The van der Waals surface area contributed by atoms with Crippen LogP contribution in [0.3, 0.4) is 0 Å². The second kappa shape index (κ2) is 48.1. The summed E-state index contributed by atoms with van der Waals surface area (Å²) in [5.74, 6) is 0. The molecule has 1 unspecified atom stereocenters. The lowest BCUT2D eigenvalue weighted by Crippen LogP contribution is -2.24. The molecule has 0 heteroatoms. The Bertz CT molecular complexity index is 274. The van der Waals surface area contributed by atoms with Crippen LogP contribution >= 0.6 is 0 Å². The molecule has 0 heterocycles. The van der Waals surface area contributed by atoms with Crippen molar-refractivity contribution in [3.05, 3.63) is 0 Å². The van der Waals surface area contributed by atoms with Crippen LogP contribution in [0.1, 0.15) is 230 Å². The minimum Gasteiger partial charge on any atom is -0.0776 e. The minimum absolute atomic E-state index is 0. The van der Waals surface area contributed by atoms with E-state index in [1.54, 1.807) is 0 Å². The van der Waals surface area contributed by atoms with Gasteiger partial charge in [-0.05, 0) is 35.5 Å². The zero-order valence-electron chi connectivity index (χ0n) is 17.3. The van der Waals surface area contributed by atoms with Gasteiger partial charge in [-0.15, -0.1) is 0 Å². The highest BCUT2D eigenvalue weighted by Crippen LogP contribution is 2.42. The predicted octanol–water partition coefficient (Wildman–Crippen LogP) is 17.3. The van der Waals surface area contributed by atoms with Crippen LogP contribution in [0.5, 0.6) is 0 Å². The second-order valence-electron chi connectivity index (χ2n) is 9.64. The normalized spacial score (nSPS) is 9.67. The molecule has 0 aromatic rings. The fraction of sp³-hybridized carbons (Fsp3) is 1.00. The van der Waals surface area contributed by atoms with E-state index in [-0.39, 0.29) is 104 Å². The third-order valence-corrected chi connectivity index (χ3v) is 6.31. The van der Waals surface area contributed by atoms with Crippen LogP contribution in [0.4, 0.5) is 0 Å². The maximum atomic E-state index is 2.52. The summed E-state index contributed by atoms with van der Waals surface area (Å²) in [6.45, 7) is 19.3. The standard InChI is InChI=1S/C22H46.14CH4/c1-9-20(4,5)17-15-13-12-14-16-18-22(8,11-3)19-21(6,7)10-2;;;;;;;;;;;;;;/h9-19H2,1-8H3;14*1H4. The average molecular weight is 535 g/mol. The Morgan fingerprint density at radius 1 is 0.333 bits per heavy atom. The predicted molar refractivity (Wildman–Crippen MR) is 198 cm³/mol. The molecule has 0 aromatic carbocycles. The Hall–Kier alpha value is 0. The van der Waals surface area contributed by atoms with E-state index in [1.165, 1.54) is 70.6 Å². The highest BCUT2D eigenvalue weighted by atomic mass is 14.3. The van der Waals surface area contributed by atoms with E-state index in [2.05, 4.69) is 55.4 Å². The summed E-state index contributed by atoms with van der Waals surface area (Å²) in [4.78, 5) is 0. The van der Waals surface area contributed by atoms with Gasteiger partial charge in [0.2, 0.25) is 0 Å². The first-order valence-electron chi connectivity index (χ1n) is 10.1. The van der Waals surface area contributed by atoms with Crippen LogP contribution in [0.2, 0.25) is 0 Å².